The number of urea groups is 1. The minimum atomic E-state index is -0.615. The molecule has 0 aliphatic rings. The van der Waals surface area contributed by atoms with Crippen LogP contribution in [0.4, 0.5) is 15.0 Å². The quantitative estimate of drug-likeness (QED) is 0.930. The van der Waals surface area contributed by atoms with Crippen LogP contribution in [0, 0.1) is 5.82 Å². The van der Waals surface area contributed by atoms with Gasteiger partial charge in [0, 0.05) is 26.1 Å². The molecule has 0 aliphatic carbocycles. The molecule has 1 aromatic heterocycles. The Labute approximate surface area is 138 Å². The summed E-state index contributed by atoms with van der Waals surface area (Å²) in [7, 11) is 2.75. The summed E-state index contributed by atoms with van der Waals surface area (Å²) in [6, 6.07) is 7.98. The summed E-state index contributed by atoms with van der Waals surface area (Å²) >= 11 is 0. The number of methoxy groups -OCH3 is 1. The lowest BCUT2D eigenvalue weighted by Crippen LogP contribution is -2.41. The van der Waals surface area contributed by atoms with Crippen LogP contribution in [-0.2, 0) is 4.79 Å². The smallest absolute Gasteiger partial charge is 0.329 e. The lowest BCUT2D eigenvalue weighted by atomic mass is 10.3. The number of hydrogen-bond donors (Lipinski definition) is 1. The van der Waals surface area contributed by atoms with Crippen molar-refractivity contribution in [2.24, 2.45) is 0 Å². The van der Waals surface area contributed by atoms with Crippen molar-refractivity contribution in [1.29, 1.82) is 0 Å². The zero-order chi connectivity index (χ0) is 17.7. The Bertz CT molecular complexity index is 767. The molecule has 0 fully saturated rings. The van der Waals surface area contributed by atoms with Crippen molar-refractivity contribution < 1.29 is 23.5 Å². The number of nitrogens with zero attached hydrogens (tertiary/aromatic N) is 2. The van der Waals surface area contributed by atoms with Crippen molar-refractivity contribution in [2.45, 2.75) is 6.92 Å². The van der Waals surface area contributed by atoms with Crippen LogP contribution in [0.5, 0.6) is 17.4 Å². The highest BCUT2D eigenvalue weighted by Crippen LogP contribution is 2.27. The Morgan fingerprint density at radius 2 is 2.00 bits per heavy atom. The van der Waals surface area contributed by atoms with Crippen LogP contribution in [0.25, 0.3) is 0 Å². The molecule has 1 aromatic carbocycles. The first-order valence-corrected chi connectivity index (χ1v) is 6.97. The van der Waals surface area contributed by atoms with E-state index in [0.29, 0.717) is 5.75 Å². The van der Waals surface area contributed by atoms with E-state index in [2.05, 4.69) is 10.3 Å². The van der Waals surface area contributed by atoms with Crippen molar-refractivity contribution in [3.63, 3.8) is 0 Å². The lowest BCUT2D eigenvalue weighted by molar-refractivity contribution is -0.115. The van der Waals surface area contributed by atoms with Gasteiger partial charge in [0.1, 0.15) is 11.6 Å². The summed E-state index contributed by atoms with van der Waals surface area (Å²) in [4.78, 5) is 28.5. The average molecular weight is 333 g/mol. The lowest BCUT2D eigenvalue weighted by Gasteiger charge is -2.18. The van der Waals surface area contributed by atoms with E-state index < -0.39 is 17.8 Å². The number of hydrogen-bond acceptors (Lipinski definition) is 5. The third-order valence-electron chi connectivity index (χ3n) is 3.01. The van der Waals surface area contributed by atoms with Gasteiger partial charge in [0.15, 0.2) is 11.6 Å². The van der Waals surface area contributed by atoms with E-state index in [1.807, 2.05) is 0 Å². The first kappa shape index (κ1) is 17.2. The molecular weight excluding hydrogens is 317 g/mol. The second-order valence-corrected chi connectivity index (χ2v) is 4.64. The van der Waals surface area contributed by atoms with Crippen molar-refractivity contribution in [1.82, 2.24) is 10.3 Å². The molecule has 2 rings (SSSR count). The Morgan fingerprint density at radius 3 is 2.62 bits per heavy atom. The van der Waals surface area contributed by atoms with Crippen LogP contribution >= 0.6 is 0 Å². The van der Waals surface area contributed by atoms with Crippen LogP contribution in [0.15, 0.2) is 36.4 Å². The summed E-state index contributed by atoms with van der Waals surface area (Å²) in [6.07, 6.45) is 0. The SMILES string of the molecule is CNC(=O)N(C(C)=O)c1cccc(Oc2ccc(F)c(OC)c2)n1. The van der Waals surface area contributed by atoms with Crippen LogP contribution in [0.1, 0.15) is 6.92 Å². The highest BCUT2D eigenvalue weighted by atomic mass is 19.1. The standard InChI is InChI=1S/C16H16FN3O4/c1-10(21)20(16(22)18-2)14-5-4-6-15(19-14)24-11-7-8-12(17)13(9-11)23-3/h4-9H,1-3H3,(H,18,22). The fourth-order valence-electron chi connectivity index (χ4n) is 1.93. The molecule has 3 amide bonds. The number of amides is 3. The Morgan fingerprint density at radius 1 is 1.25 bits per heavy atom. The van der Waals surface area contributed by atoms with Crippen molar-refractivity contribution in [3.05, 3.63) is 42.2 Å². The Balaban J connectivity index is 2.30. The third-order valence-corrected chi connectivity index (χ3v) is 3.01. The van der Waals surface area contributed by atoms with Gasteiger partial charge in [0.25, 0.3) is 0 Å². The van der Waals surface area contributed by atoms with Crippen LogP contribution in [0.3, 0.4) is 0 Å². The average Bonchev–Trinajstić information content (AvgIpc) is 2.56. The predicted molar refractivity (Wildman–Crippen MR) is 84.9 cm³/mol. The van der Waals surface area contributed by atoms with Gasteiger partial charge >= 0.3 is 6.03 Å². The molecule has 0 saturated heterocycles. The molecule has 0 aliphatic heterocycles. The molecule has 0 spiro atoms. The maximum atomic E-state index is 13.4. The minimum absolute atomic E-state index is 0.0272. The van der Waals surface area contributed by atoms with E-state index in [4.69, 9.17) is 9.47 Å². The van der Waals surface area contributed by atoms with Gasteiger partial charge in [-0.25, -0.2) is 14.1 Å². The number of carbonyl (C=O) groups is 2. The largest absolute Gasteiger partial charge is 0.494 e. The normalized spacial score (nSPS) is 10.0. The number of imide groups is 1. The van der Waals surface area contributed by atoms with Gasteiger partial charge in [-0.15, -0.1) is 0 Å². The molecule has 1 heterocycles. The zero-order valence-electron chi connectivity index (χ0n) is 13.4. The van der Waals surface area contributed by atoms with E-state index in [-0.39, 0.29) is 17.4 Å². The maximum absolute atomic E-state index is 13.4. The van der Waals surface area contributed by atoms with E-state index in [9.17, 15) is 14.0 Å². The molecule has 1 N–H and O–H groups in total. The van der Waals surface area contributed by atoms with Gasteiger partial charge < -0.3 is 14.8 Å². The molecule has 0 radical (unpaired) electrons. The van der Waals surface area contributed by atoms with Gasteiger partial charge in [0.2, 0.25) is 11.8 Å². The first-order chi connectivity index (χ1) is 11.5. The number of rotatable bonds is 4. The topological polar surface area (TPSA) is 80.8 Å². The number of benzene rings is 1. The summed E-state index contributed by atoms with van der Waals surface area (Å²) in [5.74, 6) is -0.451. The van der Waals surface area contributed by atoms with Crippen molar-refractivity contribution >= 4 is 17.8 Å². The minimum Gasteiger partial charge on any atom is -0.494 e. The number of pyridine rings is 1. The van der Waals surface area contributed by atoms with Crippen molar-refractivity contribution in [2.75, 3.05) is 19.1 Å². The van der Waals surface area contributed by atoms with Gasteiger partial charge in [-0.1, -0.05) is 6.07 Å². The van der Waals surface area contributed by atoms with Crippen LogP contribution < -0.4 is 19.7 Å². The fraction of sp³-hybridized carbons (Fsp3) is 0.188. The Hall–Kier alpha value is -3.16. The predicted octanol–water partition coefficient (Wildman–Crippen LogP) is 2.71. The Kier molecular flexibility index (Phi) is 5.31. The molecule has 0 bridgehead atoms. The summed E-state index contributed by atoms with van der Waals surface area (Å²) in [6.45, 7) is 1.25. The van der Waals surface area contributed by atoms with Gasteiger partial charge in [-0.05, 0) is 18.2 Å². The first-order valence-electron chi connectivity index (χ1n) is 6.97. The third kappa shape index (κ3) is 3.78. The highest BCUT2D eigenvalue weighted by Gasteiger charge is 2.20. The number of halogens is 1. The molecule has 0 atom stereocenters. The molecular formula is C16H16FN3O4. The summed E-state index contributed by atoms with van der Waals surface area (Å²) in [5.41, 5.74) is 0. The summed E-state index contributed by atoms with van der Waals surface area (Å²) in [5, 5.41) is 2.36. The second-order valence-electron chi connectivity index (χ2n) is 4.64. The van der Waals surface area contributed by atoms with Crippen molar-refractivity contribution in [3.8, 4) is 17.4 Å². The van der Waals surface area contributed by atoms with Crippen LogP contribution in [-0.4, -0.2) is 31.1 Å². The van der Waals surface area contributed by atoms with E-state index in [0.717, 1.165) is 4.90 Å². The molecule has 8 heteroatoms. The highest BCUT2D eigenvalue weighted by molar-refractivity contribution is 6.12. The number of ether oxygens (including phenoxy) is 2. The fourth-order valence-corrected chi connectivity index (χ4v) is 1.93. The molecule has 0 unspecified atom stereocenters. The zero-order valence-corrected chi connectivity index (χ0v) is 13.4. The molecule has 126 valence electrons. The summed E-state index contributed by atoms with van der Waals surface area (Å²) < 4.78 is 23.8. The number of anilines is 1. The van der Waals surface area contributed by atoms with Gasteiger partial charge in [0.05, 0.1) is 7.11 Å². The van der Waals surface area contributed by atoms with Crippen LogP contribution in [0.2, 0.25) is 0 Å². The maximum Gasteiger partial charge on any atom is 0.329 e. The number of nitrogens with one attached hydrogen (secondary N) is 1. The van der Waals surface area contributed by atoms with Gasteiger partial charge in [-0.2, -0.15) is 4.98 Å². The number of aromatic nitrogens is 1. The second kappa shape index (κ2) is 7.40. The molecule has 24 heavy (non-hydrogen) atoms. The van der Waals surface area contributed by atoms with E-state index in [1.54, 1.807) is 12.1 Å². The number of carbonyl (C=O) groups excluding carboxylic acids is 2. The molecule has 7 nitrogen and oxygen atoms in total. The van der Waals surface area contributed by atoms with Gasteiger partial charge in [-0.3, -0.25) is 4.79 Å². The van der Waals surface area contributed by atoms with E-state index >= 15 is 0 Å². The van der Waals surface area contributed by atoms with E-state index in [1.165, 1.54) is 45.3 Å². The monoisotopic (exact) mass is 333 g/mol. The molecule has 0 saturated carbocycles. The molecule has 2 aromatic rings.